The molecule has 1 radical (unpaired) electrons. The molecule has 0 aliphatic heterocycles. The Morgan fingerprint density at radius 3 is 2.12 bits per heavy atom. The van der Waals surface area contributed by atoms with Crippen molar-refractivity contribution in [2.45, 2.75) is 128 Å². The fraction of sp³-hybridized carbons (Fsp3) is 0.440. The third-order valence-electron chi connectivity index (χ3n) is 12.2. The van der Waals surface area contributed by atoms with Gasteiger partial charge in [-0.3, -0.25) is 9.78 Å². The second-order valence-corrected chi connectivity index (χ2v) is 18.6. The number of furan rings is 1. The molecule has 0 aliphatic rings. The zero-order chi connectivity index (χ0) is 40.5. The average Bonchev–Trinajstić information content (AvgIpc) is 3.67. The number of aryl methyl sites for hydroxylation is 2. The van der Waals surface area contributed by atoms with Crippen LogP contribution >= 0.6 is 11.3 Å². The zero-order valence-corrected chi connectivity index (χ0v) is 39.1. The molecular weight excluding hydrogens is 887 g/mol. The first-order chi connectivity index (χ1) is 25.9. The minimum absolute atomic E-state index is 0. The van der Waals surface area contributed by atoms with Crippen molar-refractivity contribution >= 4 is 48.9 Å². The number of fused-ring (bicyclic) bond motifs is 3. The summed E-state index contributed by atoms with van der Waals surface area (Å²) in [4.78, 5) is 18.4. The molecule has 0 unspecified atom stereocenters. The molecule has 301 valence electrons. The zero-order valence-electron chi connectivity index (χ0n) is 35.9. The van der Waals surface area contributed by atoms with Gasteiger partial charge in [-0.15, -0.1) is 40.5 Å². The number of hydrogen-bond donors (Lipinski definition) is 1. The minimum atomic E-state index is -0.337. The second kappa shape index (κ2) is 17.9. The summed E-state index contributed by atoms with van der Waals surface area (Å²) in [5.74, 6) is 1.85. The van der Waals surface area contributed by atoms with Crippen LogP contribution in [0.2, 0.25) is 0 Å². The van der Waals surface area contributed by atoms with E-state index in [1.54, 1.807) is 0 Å². The molecule has 6 aromatic rings. The van der Waals surface area contributed by atoms with Crippen LogP contribution < -0.4 is 0 Å². The Hall–Kier alpha value is -3.57. The van der Waals surface area contributed by atoms with Gasteiger partial charge in [0.2, 0.25) is 0 Å². The first-order valence-electron chi connectivity index (χ1n) is 20.2. The first kappa shape index (κ1) is 45.1. The van der Waals surface area contributed by atoms with Gasteiger partial charge in [0.05, 0.1) is 0 Å². The number of carbonyl (C=O) groups excluding carboxylic acids is 1. The molecule has 0 amide bonds. The number of allylic oxidation sites excluding steroid dienone is 2. The number of ketones is 1. The summed E-state index contributed by atoms with van der Waals surface area (Å²) in [5, 5.41) is 15.0. The fourth-order valence-corrected chi connectivity index (χ4v) is 8.49. The smallest absolute Gasteiger partial charge is 0.164 e. The fourth-order valence-electron chi connectivity index (χ4n) is 7.35. The summed E-state index contributed by atoms with van der Waals surface area (Å²) in [6.07, 6.45) is 7.76. The molecule has 0 saturated heterocycles. The number of carbonyl (C=O) groups is 1. The van der Waals surface area contributed by atoms with Crippen LogP contribution in [0.1, 0.15) is 123 Å². The Labute approximate surface area is 353 Å². The molecule has 3 aromatic heterocycles. The van der Waals surface area contributed by atoms with E-state index in [0.717, 1.165) is 76.6 Å². The van der Waals surface area contributed by atoms with Gasteiger partial charge in [-0.25, -0.2) is 0 Å². The Balaban J connectivity index is 0.000000330. The van der Waals surface area contributed by atoms with E-state index in [9.17, 15) is 9.90 Å². The number of nitrogens with zero attached hydrogens (tertiary/aromatic N) is 1. The predicted octanol–water partition coefficient (Wildman–Crippen LogP) is 15.1. The molecular formula is C50H62IrNO3S-. The van der Waals surface area contributed by atoms with Gasteiger partial charge in [0, 0.05) is 75.0 Å². The van der Waals surface area contributed by atoms with Crippen LogP contribution in [-0.2, 0) is 36.7 Å². The van der Waals surface area contributed by atoms with Gasteiger partial charge < -0.3 is 9.52 Å². The number of aliphatic hydroxyl groups is 1. The van der Waals surface area contributed by atoms with Crippen LogP contribution in [0.25, 0.3) is 54.4 Å². The van der Waals surface area contributed by atoms with E-state index in [1.807, 2.05) is 59.1 Å². The molecule has 0 bridgehead atoms. The SMILES string of the molecule is CCC(C)(CC)C(=O)/C=C(\O)C(C)(CC)CC.Cc1sc2cc(-c3oc4c(-c5[c-]c6ccccc6c(C(C)(C)C)c5)nccc4c3C)ccc2c1CC(C)C.[Ir]. The Morgan fingerprint density at radius 1 is 0.875 bits per heavy atom. The molecule has 0 fully saturated rings. The van der Waals surface area contributed by atoms with Gasteiger partial charge in [0.25, 0.3) is 0 Å². The number of hydrogen-bond acceptors (Lipinski definition) is 5. The molecule has 4 nitrogen and oxygen atoms in total. The van der Waals surface area contributed by atoms with Crippen molar-refractivity contribution < 1.29 is 34.4 Å². The number of pyridine rings is 1. The number of benzene rings is 3. The average molecular weight is 949 g/mol. The summed E-state index contributed by atoms with van der Waals surface area (Å²) in [6, 6.07) is 23.3. The van der Waals surface area contributed by atoms with Crippen molar-refractivity contribution in [1.82, 2.24) is 4.98 Å². The van der Waals surface area contributed by atoms with E-state index in [2.05, 4.69) is 109 Å². The number of aliphatic hydroxyl groups excluding tert-OH is 1. The molecule has 0 aliphatic carbocycles. The maximum absolute atomic E-state index is 12.2. The van der Waals surface area contributed by atoms with Crippen molar-refractivity contribution in [1.29, 1.82) is 0 Å². The van der Waals surface area contributed by atoms with Crippen LogP contribution in [0.3, 0.4) is 0 Å². The summed E-state index contributed by atoms with van der Waals surface area (Å²) < 4.78 is 8.01. The normalized spacial score (nSPS) is 12.6. The van der Waals surface area contributed by atoms with E-state index in [4.69, 9.17) is 9.40 Å². The molecule has 6 heteroatoms. The van der Waals surface area contributed by atoms with Gasteiger partial charge >= 0.3 is 0 Å². The molecule has 56 heavy (non-hydrogen) atoms. The van der Waals surface area contributed by atoms with E-state index in [-0.39, 0.29) is 47.9 Å². The van der Waals surface area contributed by atoms with E-state index in [1.165, 1.54) is 37.6 Å². The maximum Gasteiger partial charge on any atom is 0.164 e. The van der Waals surface area contributed by atoms with Crippen LogP contribution in [0.4, 0.5) is 0 Å². The van der Waals surface area contributed by atoms with E-state index < -0.39 is 0 Å². The summed E-state index contributed by atoms with van der Waals surface area (Å²) in [6.45, 7) is 27.8. The quantitative estimate of drug-likeness (QED) is 0.0798. The first-order valence-corrected chi connectivity index (χ1v) is 21.0. The third kappa shape index (κ3) is 9.09. The largest absolute Gasteiger partial charge is 0.512 e. The van der Waals surface area contributed by atoms with E-state index >= 15 is 0 Å². The van der Waals surface area contributed by atoms with Gasteiger partial charge in [0.15, 0.2) is 5.78 Å². The maximum atomic E-state index is 12.2. The van der Waals surface area contributed by atoms with Crippen molar-refractivity contribution in [3.8, 4) is 22.6 Å². The van der Waals surface area contributed by atoms with Gasteiger partial charge in [-0.1, -0.05) is 117 Å². The third-order valence-corrected chi connectivity index (χ3v) is 13.3. The minimum Gasteiger partial charge on any atom is -0.512 e. The Kier molecular flexibility index (Phi) is 14.4. The predicted molar refractivity (Wildman–Crippen MR) is 236 cm³/mol. The molecule has 3 aromatic carbocycles. The molecule has 0 atom stereocenters. The Morgan fingerprint density at radius 2 is 1.52 bits per heavy atom. The second-order valence-electron chi connectivity index (χ2n) is 17.4. The summed E-state index contributed by atoms with van der Waals surface area (Å²) in [7, 11) is 0. The summed E-state index contributed by atoms with van der Waals surface area (Å²) >= 11 is 1.89. The number of rotatable bonds is 11. The standard InChI is InChI=1S/C35H34NOS.C15H28O2.Ir/c1-20(2)16-29-22(4)38-31-19-24(12-13-28(29)31)33-21(3)26-14-15-36-32(34(26)37-33)25-17-23-10-8-9-11-27(23)30(18-25)35(5,6)7;1-7-14(5,8-2)12(16)11-13(17)15(6,9-3)10-4;/h8-15,18-20H,16H2,1-7H3;11,16H,7-10H2,1-6H3;/q-1;;/b;12-11-;. The molecule has 6 rings (SSSR count). The monoisotopic (exact) mass is 949 g/mol. The number of aromatic nitrogens is 1. The van der Waals surface area contributed by atoms with Crippen LogP contribution in [0.15, 0.2) is 77.0 Å². The van der Waals surface area contributed by atoms with Crippen molar-refractivity contribution in [3.63, 3.8) is 0 Å². The van der Waals surface area contributed by atoms with Crippen molar-refractivity contribution in [3.05, 3.63) is 100 Å². The van der Waals surface area contributed by atoms with Gasteiger partial charge in [-0.05, 0) is 80.4 Å². The molecule has 0 spiro atoms. The molecule has 1 N–H and O–H groups in total. The van der Waals surface area contributed by atoms with E-state index in [0.29, 0.717) is 5.92 Å². The Bertz CT molecular complexity index is 2340. The van der Waals surface area contributed by atoms with Gasteiger partial charge in [-0.2, -0.15) is 0 Å². The van der Waals surface area contributed by atoms with Crippen LogP contribution in [0, 0.1) is 36.7 Å². The van der Waals surface area contributed by atoms with Crippen LogP contribution in [0.5, 0.6) is 0 Å². The van der Waals surface area contributed by atoms with Crippen molar-refractivity contribution in [2.75, 3.05) is 0 Å². The molecule has 3 heterocycles. The topological polar surface area (TPSA) is 63.3 Å². The van der Waals surface area contributed by atoms with Gasteiger partial charge in [0.1, 0.15) is 17.1 Å². The summed E-state index contributed by atoms with van der Waals surface area (Å²) in [5.41, 5.74) is 7.08. The number of thiophene rings is 1. The van der Waals surface area contributed by atoms with Crippen LogP contribution in [-0.4, -0.2) is 15.9 Å². The molecule has 0 saturated carbocycles. The van der Waals surface area contributed by atoms with Crippen molar-refractivity contribution in [2.24, 2.45) is 16.7 Å².